The van der Waals surface area contributed by atoms with E-state index < -0.39 is 6.04 Å². The van der Waals surface area contributed by atoms with Crippen molar-refractivity contribution in [1.82, 2.24) is 14.9 Å². The second kappa shape index (κ2) is 6.16. The SMILES string of the molecule is CC(C)[C@H](C(=O)Nc1cnccn1)N1Cc2ccccc2C1=O. The highest BCUT2D eigenvalue weighted by atomic mass is 16.2. The van der Waals surface area contributed by atoms with Crippen LogP contribution in [0.4, 0.5) is 5.82 Å². The van der Waals surface area contributed by atoms with E-state index in [-0.39, 0.29) is 17.7 Å². The molecule has 0 saturated carbocycles. The maximum atomic E-state index is 12.7. The maximum absolute atomic E-state index is 12.7. The van der Waals surface area contributed by atoms with Crippen LogP contribution >= 0.6 is 0 Å². The molecule has 1 aromatic heterocycles. The number of nitrogens with one attached hydrogen (secondary N) is 1. The van der Waals surface area contributed by atoms with Crippen LogP contribution in [0.2, 0.25) is 0 Å². The molecule has 0 bridgehead atoms. The first-order valence-electron chi connectivity index (χ1n) is 7.53. The summed E-state index contributed by atoms with van der Waals surface area (Å²) in [5.74, 6) is 0.00694. The number of carbonyl (C=O) groups is 2. The van der Waals surface area contributed by atoms with E-state index in [2.05, 4.69) is 15.3 Å². The summed E-state index contributed by atoms with van der Waals surface area (Å²) in [6, 6.07) is 6.90. The Bertz CT molecular complexity index is 730. The van der Waals surface area contributed by atoms with E-state index in [0.29, 0.717) is 17.9 Å². The van der Waals surface area contributed by atoms with Crippen molar-refractivity contribution in [2.75, 3.05) is 5.32 Å². The van der Waals surface area contributed by atoms with Crippen LogP contribution < -0.4 is 5.32 Å². The molecule has 0 unspecified atom stereocenters. The molecule has 1 aromatic carbocycles. The number of aromatic nitrogens is 2. The van der Waals surface area contributed by atoms with Crippen LogP contribution in [0.5, 0.6) is 0 Å². The number of rotatable bonds is 4. The number of fused-ring (bicyclic) bond motifs is 1. The summed E-state index contributed by atoms with van der Waals surface area (Å²) in [4.78, 5) is 34.9. The second-order valence-corrected chi connectivity index (χ2v) is 5.86. The van der Waals surface area contributed by atoms with E-state index in [1.807, 2.05) is 32.0 Å². The maximum Gasteiger partial charge on any atom is 0.255 e. The zero-order valence-electron chi connectivity index (χ0n) is 13.1. The average Bonchev–Trinajstić information content (AvgIpc) is 2.85. The highest BCUT2D eigenvalue weighted by Gasteiger charge is 2.37. The van der Waals surface area contributed by atoms with Gasteiger partial charge in [0.1, 0.15) is 6.04 Å². The van der Waals surface area contributed by atoms with Crippen molar-refractivity contribution in [2.45, 2.75) is 26.4 Å². The van der Waals surface area contributed by atoms with Crippen LogP contribution in [-0.2, 0) is 11.3 Å². The lowest BCUT2D eigenvalue weighted by Crippen LogP contribution is -2.47. The number of amides is 2. The van der Waals surface area contributed by atoms with E-state index in [4.69, 9.17) is 0 Å². The Kier molecular flexibility index (Phi) is 4.06. The van der Waals surface area contributed by atoms with Crippen molar-refractivity contribution in [3.8, 4) is 0 Å². The summed E-state index contributed by atoms with van der Waals surface area (Å²) < 4.78 is 0. The van der Waals surface area contributed by atoms with E-state index in [9.17, 15) is 9.59 Å². The first-order valence-corrected chi connectivity index (χ1v) is 7.53. The molecule has 1 N–H and O–H groups in total. The second-order valence-electron chi connectivity index (χ2n) is 5.86. The minimum atomic E-state index is -0.558. The number of benzene rings is 1. The number of nitrogens with zero attached hydrogens (tertiary/aromatic N) is 3. The molecule has 6 heteroatoms. The lowest BCUT2D eigenvalue weighted by atomic mass is 10.0. The molecular formula is C17H18N4O2. The molecule has 0 spiro atoms. The van der Waals surface area contributed by atoms with Gasteiger partial charge in [0.05, 0.1) is 6.20 Å². The van der Waals surface area contributed by atoms with Crippen molar-refractivity contribution in [3.05, 3.63) is 54.0 Å². The lowest BCUT2D eigenvalue weighted by Gasteiger charge is -2.29. The summed E-state index contributed by atoms with van der Waals surface area (Å²) >= 11 is 0. The molecule has 0 saturated heterocycles. The predicted molar refractivity (Wildman–Crippen MR) is 85.6 cm³/mol. The third kappa shape index (κ3) is 2.92. The summed E-state index contributed by atoms with van der Waals surface area (Å²) in [7, 11) is 0. The van der Waals surface area contributed by atoms with Gasteiger partial charge in [0.25, 0.3) is 5.91 Å². The van der Waals surface area contributed by atoms with Gasteiger partial charge in [-0.3, -0.25) is 14.6 Å². The van der Waals surface area contributed by atoms with Gasteiger partial charge in [-0.2, -0.15) is 0 Å². The van der Waals surface area contributed by atoms with Gasteiger partial charge in [0.2, 0.25) is 5.91 Å². The number of anilines is 1. The van der Waals surface area contributed by atoms with Gasteiger partial charge in [-0.15, -0.1) is 0 Å². The molecule has 23 heavy (non-hydrogen) atoms. The Morgan fingerprint density at radius 3 is 2.70 bits per heavy atom. The molecule has 1 aliphatic rings. The van der Waals surface area contributed by atoms with Gasteiger partial charge in [-0.05, 0) is 17.5 Å². The predicted octanol–water partition coefficient (Wildman–Crippen LogP) is 2.10. The Morgan fingerprint density at radius 1 is 1.26 bits per heavy atom. The quantitative estimate of drug-likeness (QED) is 0.938. The molecule has 0 fully saturated rings. The molecule has 6 nitrogen and oxygen atoms in total. The summed E-state index contributed by atoms with van der Waals surface area (Å²) in [6.45, 7) is 4.31. The van der Waals surface area contributed by atoms with Crippen molar-refractivity contribution in [3.63, 3.8) is 0 Å². The van der Waals surface area contributed by atoms with Gasteiger partial charge < -0.3 is 10.2 Å². The summed E-state index contributed by atoms with van der Waals surface area (Å²) in [5.41, 5.74) is 1.63. The van der Waals surface area contributed by atoms with Crippen molar-refractivity contribution < 1.29 is 9.59 Å². The average molecular weight is 310 g/mol. The largest absolute Gasteiger partial charge is 0.322 e. The fraction of sp³-hybridized carbons (Fsp3) is 0.294. The molecule has 118 valence electrons. The molecule has 3 rings (SSSR count). The molecular weight excluding hydrogens is 292 g/mol. The lowest BCUT2D eigenvalue weighted by molar-refractivity contribution is -0.122. The first kappa shape index (κ1) is 15.1. The number of hydrogen-bond donors (Lipinski definition) is 1. The van der Waals surface area contributed by atoms with E-state index in [0.717, 1.165) is 5.56 Å². The molecule has 1 aliphatic heterocycles. The Hall–Kier alpha value is -2.76. The van der Waals surface area contributed by atoms with Gasteiger partial charge in [0.15, 0.2) is 5.82 Å². The molecule has 2 amide bonds. The van der Waals surface area contributed by atoms with E-state index in [1.165, 1.54) is 18.6 Å². The molecule has 0 radical (unpaired) electrons. The summed E-state index contributed by atoms with van der Waals surface area (Å²) in [6.07, 6.45) is 4.53. The standard InChI is InChI=1S/C17H18N4O2/c1-11(2)15(16(22)20-14-9-18-7-8-19-14)21-10-12-5-3-4-6-13(12)17(21)23/h3-9,11,15H,10H2,1-2H3,(H,19,20,22)/t15-/m1/s1. The van der Waals surface area contributed by atoms with Crippen LogP contribution in [0.3, 0.4) is 0 Å². The fourth-order valence-electron chi connectivity index (χ4n) is 2.87. The monoisotopic (exact) mass is 310 g/mol. The number of hydrogen-bond acceptors (Lipinski definition) is 4. The molecule has 0 aliphatic carbocycles. The molecule has 1 atom stereocenters. The van der Waals surface area contributed by atoms with Crippen molar-refractivity contribution in [2.24, 2.45) is 5.92 Å². The van der Waals surface area contributed by atoms with Gasteiger partial charge in [-0.25, -0.2) is 4.98 Å². The van der Waals surface area contributed by atoms with Crippen molar-refractivity contribution >= 4 is 17.6 Å². The van der Waals surface area contributed by atoms with Crippen LogP contribution in [-0.4, -0.2) is 32.7 Å². The smallest absolute Gasteiger partial charge is 0.255 e. The zero-order valence-corrected chi connectivity index (χ0v) is 13.1. The zero-order chi connectivity index (χ0) is 16.4. The third-order valence-corrected chi connectivity index (χ3v) is 3.90. The highest BCUT2D eigenvalue weighted by molar-refractivity contribution is 6.03. The topological polar surface area (TPSA) is 75.2 Å². The Morgan fingerprint density at radius 2 is 2.04 bits per heavy atom. The van der Waals surface area contributed by atoms with Crippen LogP contribution in [0.1, 0.15) is 29.8 Å². The summed E-state index contributed by atoms with van der Waals surface area (Å²) in [5, 5.41) is 2.74. The molecule has 2 aromatic rings. The van der Waals surface area contributed by atoms with Crippen molar-refractivity contribution in [1.29, 1.82) is 0 Å². The van der Waals surface area contributed by atoms with Gasteiger partial charge in [0, 0.05) is 24.5 Å². The minimum absolute atomic E-state index is 0.0232. The minimum Gasteiger partial charge on any atom is -0.322 e. The number of carbonyl (C=O) groups excluding carboxylic acids is 2. The van der Waals surface area contributed by atoms with E-state index in [1.54, 1.807) is 11.0 Å². The van der Waals surface area contributed by atoms with E-state index >= 15 is 0 Å². The third-order valence-electron chi connectivity index (χ3n) is 3.90. The van der Waals surface area contributed by atoms with Crippen LogP contribution in [0.15, 0.2) is 42.9 Å². The van der Waals surface area contributed by atoms with Gasteiger partial charge >= 0.3 is 0 Å². The Balaban J connectivity index is 1.83. The van der Waals surface area contributed by atoms with Gasteiger partial charge in [-0.1, -0.05) is 32.0 Å². The fourth-order valence-corrected chi connectivity index (χ4v) is 2.87. The normalized spacial score (nSPS) is 14.7. The Labute approximate surface area is 134 Å². The molecule has 2 heterocycles. The highest BCUT2D eigenvalue weighted by Crippen LogP contribution is 2.27. The first-order chi connectivity index (χ1) is 11.1. The van der Waals surface area contributed by atoms with Crippen LogP contribution in [0.25, 0.3) is 0 Å². The van der Waals surface area contributed by atoms with Crippen LogP contribution in [0, 0.1) is 5.92 Å².